The van der Waals surface area contributed by atoms with E-state index in [-0.39, 0.29) is 23.8 Å². The predicted octanol–water partition coefficient (Wildman–Crippen LogP) is 0.783. The minimum Gasteiger partial charge on any atom is -0.377 e. The number of amides is 2. The van der Waals surface area contributed by atoms with Gasteiger partial charge in [-0.15, -0.1) is 0 Å². The molecule has 2 unspecified atom stereocenters. The minimum absolute atomic E-state index is 0.00976. The molecule has 0 spiro atoms. The second kappa shape index (κ2) is 6.18. The maximum absolute atomic E-state index is 12.3. The topological polar surface area (TPSA) is 58.6 Å². The molecule has 1 fully saturated rings. The standard InChI is InChI=1S/C13H24N2O3/c1-8(2)11-13(17)15(6-7-18-9(3)4)10(5)12(16)14-11/h8-11H,6-7H2,1-5H3,(H,14,16). The van der Waals surface area contributed by atoms with Gasteiger partial charge in [-0.05, 0) is 26.7 Å². The number of piperazine rings is 1. The van der Waals surface area contributed by atoms with Crippen molar-refractivity contribution in [3.8, 4) is 0 Å². The van der Waals surface area contributed by atoms with Gasteiger partial charge in [0.05, 0.1) is 12.7 Å². The SMILES string of the molecule is CC(C)OCCN1C(=O)C(C(C)C)NC(=O)C1C. The fourth-order valence-corrected chi connectivity index (χ4v) is 1.99. The molecule has 1 saturated heterocycles. The zero-order valence-corrected chi connectivity index (χ0v) is 11.9. The number of nitrogens with zero attached hydrogens (tertiary/aromatic N) is 1. The van der Waals surface area contributed by atoms with Crippen molar-refractivity contribution in [1.82, 2.24) is 10.2 Å². The average molecular weight is 256 g/mol. The summed E-state index contributed by atoms with van der Waals surface area (Å²) in [7, 11) is 0. The fraction of sp³-hybridized carbons (Fsp3) is 0.846. The number of rotatable bonds is 5. The highest BCUT2D eigenvalue weighted by Gasteiger charge is 2.38. The summed E-state index contributed by atoms with van der Waals surface area (Å²) in [5, 5.41) is 2.77. The molecule has 0 aromatic heterocycles. The highest BCUT2D eigenvalue weighted by Crippen LogP contribution is 2.15. The number of carbonyl (C=O) groups excluding carboxylic acids is 2. The monoisotopic (exact) mass is 256 g/mol. The van der Waals surface area contributed by atoms with Gasteiger partial charge in [0.1, 0.15) is 12.1 Å². The second-order valence-corrected chi connectivity index (χ2v) is 5.36. The van der Waals surface area contributed by atoms with Crippen molar-refractivity contribution in [2.45, 2.75) is 52.8 Å². The quantitative estimate of drug-likeness (QED) is 0.791. The molecule has 1 aliphatic heterocycles. The molecule has 1 heterocycles. The Morgan fingerprint density at radius 3 is 2.39 bits per heavy atom. The number of carbonyl (C=O) groups is 2. The van der Waals surface area contributed by atoms with Crippen molar-refractivity contribution in [2.75, 3.05) is 13.2 Å². The van der Waals surface area contributed by atoms with Crippen LogP contribution in [0.3, 0.4) is 0 Å². The maximum Gasteiger partial charge on any atom is 0.246 e. The summed E-state index contributed by atoms with van der Waals surface area (Å²) in [6, 6.07) is -0.823. The summed E-state index contributed by atoms with van der Waals surface area (Å²) in [6.45, 7) is 10.4. The van der Waals surface area contributed by atoms with Crippen LogP contribution in [0, 0.1) is 5.92 Å². The molecule has 2 amide bonds. The van der Waals surface area contributed by atoms with Gasteiger partial charge in [0.15, 0.2) is 0 Å². The highest BCUT2D eigenvalue weighted by atomic mass is 16.5. The van der Waals surface area contributed by atoms with E-state index in [1.54, 1.807) is 11.8 Å². The summed E-state index contributed by atoms with van der Waals surface area (Å²) in [6.07, 6.45) is 0.134. The van der Waals surface area contributed by atoms with Gasteiger partial charge in [-0.3, -0.25) is 9.59 Å². The molecule has 0 saturated carbocycles. The van der Waals surface area contributed by atoms with Gasteiger partial charge in [0, 0.05) is 6.54 Å². The number of hydrogen-bond acceptors (Lipinski definition) is 3. The first-order valence-electron chi connectivity index (χ1n) is 6.57. The summed E-state index contributed by atoms with van der Waals surface area (Å²) >= 11 is 0. The lowest BCUT2D eigenvalue weighted by molar-refractivity contribution is -0.150. The van der Waals surface area contributed by atoms with Crippen LogP contribution in [0.2, 0.25) is 0 Å². The molecule has 18 heavy (non-hydrogen) atoms. The zero-order chi connectivity index (χ0) is 13.9. The molecule has 0 bridgehead atoms. The van der Waals surface area contributed by atoms with Crippen LogP contribution >= 0.6 is 0 Å². The maximum atomic E-state index is 12.3. The van der Waals surface area contributed by atoms with E-state index in [4.69, 9.17) is 4.74 Å². The number of nitrogens with one attached hydrogen (secondary N) is 1. The van der Waals surface area contributed by atoms with Crippen molar-refractivity contribution < 1.29 is 14.3 Å². The van der Waals surface area contributed by atoms with Crippen LogP contribution in [0.25, 0.3) is 0 Å². The molecule has 1 N–H and O–H groups in total. The van der Waals surface area contributed by atoms with Crippen molar-refractivity contribution in [1.29, 1.82) is 0 Å². The summed E-state index contributed by atoms with van der Waals surface area (Å²) in [5.74, 6) is 0.00442. The highest BCUT2D eigenvalue weighted by molar-refractivity contribution is 5.96. The van der Waals surface area contributed by atoms with E-state index in [0.717, 1.165) is 0 Å². The van der Waals surface area contributed by atoms with Crippen molar-refractivity contribution >= 4 is 11.8 Å². The first-order valence-corrected chi connectivity index (χ1v) is 6.57. The Morgan fingerprint density at radius 1 is 1.28 bits per heavy atom. The summed E-state index contributed by atoms with van der Waals surface area (Å²) in [5.41, 5.74) is 0. The van der Waals surface area contributed by atoms with Gasteiger partial charge in [0.25, 0.3) is 0 Å². The van der Waals surface area contributed by atoms with E-state index in [1.165, 1.54) is 0 Å². The fourth-order valence-electron chi connectivity index (χ4n) is 1.99. The summed E-state index contributed by atoms with van der Waals surface area (Å²) < 4.78 is 5.45. The number of hydrogen-bond donors (Lipinski definition) is 1. The lowest BCUT2D eigenvalue weighted by atomic mass is 9.98. The molecular weight excluding hydrogens is 232 g/mol. The van der Waals surface area contributed by atoms with Crippen LogP contribution < -0.4 is 5.32 Å². The van der Waals surface area contributed by atoms with Gasteiger partial charge in [-0.1, -0.05) is 13.8 Å². The van der Waals surface area contributed by atoms with E-state index >= 15 is 0 Å². The molecule has 0 aromatic carbocycles. The van der Waals surface area contributed by atoms with Crippen molar-refractivity contribution in [3.63, 3.8) is 0 Å². The molecule has 5 heteroatoms. The van der Waals surface area contributed by atoms with Gasteiger partial charge < -0.3 is 15.0 Å². The van der Waals surface area contributed by atoms with Crippen molar-refractivity contribution in [3.05, 3.63) is 0 Å². The first-order chi connectivity index (χ1) is 8.34. The van der Waals surface area contributed by atoms with Crippen LogP contribution in [-0.2, 0) is 14.3 Å². The van der Waals surface area contributed by atoms with Crippen LogP contribution in [0.15, 0.2) is 0 Å². The first kappa shape index (κ1) is 15.0. The Bertz CT molecular complexity index is 315. The normalized spacial score (nSPS) is 24.9. The third-order valence-electron chi connectivity index (χ3n) is 3.14. The Labute approximate surface area is 109 Å². The molecule has 0 aromatic rings. The molecule has 0 radical (unpaired) electrons. The Balaban J connectivity index is 2.67. The van der Waals surface area contributed by atoms with E-state index in [9.17, 15) is 9.59 Å². The van der Waals surface area contributed by atoms with Crippen LogP contribution in [-0.4, -0.2) is 48.1 Å². The van der Waals surface area contributed by atoms with E-state index in [2.05, 4.69) is 5.32 Å². The zero-order valence-electron chi connectivity index (χ0n) is 11.9. The van der Waals surface area contributed by atoms with Gasteiger partial charge in [-0.25, -0.2) is 0 Å². The third kappa shape index (κ3) is 3.45. The van der Waals surface area contributed by atoms with Crippen LogP contribution in [0.5, 0.6) is 0 Å². The molecule has 1 rings (SSSR count). The van der Waals surface area contributed by atoms with Gasteiger partial charge >= 0.3 is 0 Å². The lowest BCUT2D eigenvalue weighted by Gasteiger charge is -2.38. The van der Waals surface area contributed by atoms with E-state index in [0.29, 0.717) is 13.2 Å². The summed E-state index contributed by atoms with van der Waals surface area (Å²) in [4.78, 5) is 25.7. The average Bonchev–Trinajstić information content (AvgIpc) is 2.27. The Hall–Kier alpha value is -1.10. The van der Waals surface area contributed by atoms with Gasteiger partial charge in [-0.2, -0.15) is 0 Å². The van der Waals surface area contributed by atoms with Crippen LogP contribution in [0.4, 0.5) is 0 Å². The largest absolute Gasteiger partial charge is 0.377 e. The Kier molecular flexibility index (Phi) is 5.14. The molecule has 2 atom stereocenters. The number of ether oxygens (including phenoxy) is 1. The lowest BCUT2D eigenvalue weighted by Crippen LogP contribution is -2.64. The predicted molar refractivity (Wildman–Crippen MR) is 69.0 cm³/mol. The van der Waals surface area contributed by atoms with E-state index in [1.807, 2.05) is 27.7 Å². The molecule has 5 nitrogen and oxygen atoms in total. The molecule has 1 aliphatic rings. The third-order valence-corrected chi connectivity index (χ3v) is 3.14. The molecular formula is C13H24N2O3. The van der Waals surface area contributed by atoms with Gasteiger partial charge in [0.2, 0.25) is 11.8 Å². The van der Waals surface area contributed by atoms with Crippen molar-refractivity contribution in [2.24, 2.45) is 5.92 Å². The molecule has 0 aliphatic carbocycles. The second-order valence-electron chi connectivity index (χ2n) is 5.36. The van der Waals surface area contributed by atoms with E-state index < -0.39 is 12.1 Å². The Morgan fingerprint density at radius 2 is 1.89 bits per heavy atom. The minimum atomic E-state index is -0.414. The molecule has 104 valence electrons. The van der Waals surface area contributed by atoms with Crippen LogP contribution in [0.1, 0.15) is 34.6 Å². The smallest absolute Gasteiger partial charge is 0.246 e.